The van der Waals surface area contributed by atoms with Gasteiger partial charge in [0.25, 0.3) is 5.92 Å². The Morgan fingerprint density at radius 2 is 0.926 bits per heavy atom. The monoisotopic (exact) mass is 418 g/mol. The molecule has 0 radical (unpaired) electrons. The molecular formula is C16H17F11. The summed E-state index contributed by atoms with van der Waals surface area (Å²) in [7, 11) is 0. The highest BCUT2D eigenvalue weighted by Crippen LogP contribution is 2.69. The fourth-order valence-corrected chi connectivity index (χ4v) is 3.27. The molecule has 158 valence electrons. The van der Waals surface area contributed by atoms with Crippen LogP contribution in [0.4, 0.5) is 48.3 Å². The highest BCUT2D eigenvalue weighted by molar-refractivity contribution is 5.32. The molecule has 0 saturated heterocycles. The molecule has 0 nitrogen and oxygen atoms in total. The summed E-state index contributed by atoms with van der Waals surface area (Å²) in [5.74, 6) is -17.4. The van der Waals surface area contributed by atoms with Crippen LogP contribution in [0.1, 0.15) is 13.8 Å². The lowest BCUT2D eigenvalue weighted by atomic mass is 9.54. The van der Waals surface area contributed by atoms with E-state index >= 15 is 0 Å². The summed E-state index contributed by atoms with van der Waals surface area (Å²) in [6, 6.07) is 0. The van der Waals surface area contributed by atoms with Gasteiger partial charge in [-0.15, -0.1) is 0 Å². The number of hydrogen-bond donors (Lipinski definition) is 0. The lowest BCUT2D eigenvalue weighted by Crippen LogP contribution is -2.79. The Hall–Kier alpha value is -1.29. The lowest BCUT2D eigenvalue weighted by molar-refractivity contribution is -0.387. The molecule has 0 aliphatic heterocycles. The third-order valence-electron chi connectivity index (χ3n) is 5.60. The summed E-state index contributed by atoms with van der Waals surface area (Å²) in [6.07, 6.45) is -5.95. The summed E-state index contributed by atoms with van der Waals surface area (Å²) in [5, 5.41) is 0. The van der Waals surface area contributed by atoms with Crippen molar-refractivity contribution in [3.8, 4) is 0 Å². The molecule has 4 unspecified atom stereocenters. The second-order valence-electron chi connectivity index (χ2n) is 6.96. The fraction of sp³-hybridized carbons (Fsp3) is 0.750. The van der Waals surface area contributed by atoms with Gasteiger partial charge in [-0.25, -0.2) is 39.5 Å². The van der Waals surface area contributed by atoms with Gasteiger partial charge in [0, 0.05) is 0 Å². The van der Waals surface area contributed by atoms with E-state index < -0.39 is 71.6 Å². The van der Waals surface area contributed by atoms with Crippen LogP contribution >= 0.6 is 0 Å². The van der Waals surface area contributed by atoms with Gasteiger partial charge in [-0.2, -0.15) is 0 Å². The molecule has 0 aromatic carbocycles. The molecule has 1 fully saturated rings. The topological polar surface area (TPSA) is 0 Å². The Balaban J connectivity index is 4.24. The van der Waals surface area contributed by atoms with Crippen LogP contribution in [-0.4, -0.2) is 48.6 Å². The first-order valence-corrected chi connectivity index (χ1v) is 7.44. The van der Waals surface area contributed by atoms with Crippen molar-refractivity contribution in [1.82, 2.24) is 0 Å². The maximum Gasteiger partial charge on any atom is 0.301 e. The molecule has 0 aromatic heterocycles. The van der Waals surface area contributed by atoms with Crippen LogP contribution in [0.2, 0.25) is 0 Å². The van der Waals surface area contributed by atoms with Crippen LogP contribution in [-0.2, 0) is 0 Å². The van der Waals surface area contributed by atoms with E-state index in [0.29, 0.717) is 0 Å². The van der Waals surface area contributed by atoms with E-state index in [-0.39, 0.29) is 13.8 Å². The van der Waals surface area contributed by atoms with Gasteiger partial charge in [0.05, 0.1) is 0 Å². The minimum Gasteiger partial charge on any atom is -0.250 e. The summed E-state index contributed by atoms with van der Waals surface area (Å²) < 4.78 is 160. The number of allylic oxidation sites excluding steroid dienone is 2. The molecule has 1 saturated carbocycles. The molecule has 0 heterocycles. The Bertz CT molecular complexity index is 567. The van der Waals surface area contributed by atoms with Crippen LogP contribution in [0.5, 0.6) is 0 Å². The summed E-state index contributed by atoms with van der Waals surface area (Å²) in [5.41, 5.74) is -19.8. The zero-order valence-electron chi connectivity index (χ0n) is 14.2. The number of alkyl halides is 11. The minimum atomic E-state index is -5.83. The van der Waals surface area contributed by atoms with Gasteiger partial charge >= 0.3 is 11.8 Å². The van der Waals surface area contributed by atoms with Crippen LogP contribution in [0.15, 0.2) is 25.3 Å². The van der Waals surface area contributed by atoms with Gasteiger partial charge in [-0.3, -0.25) is 8.78 Å². The van der Waals surface area contributed by atoms with Crippen molar-refractivity contribution in [1.29, 1.82) is 0 Å². The van der Waals surface area contributed by atoms with Gasteiger partial charge in [0.2, 0.25) is 11.3 Å². The minimum absolute atomic E-state index is 0.347. The SMILES string of the molecule is C=CC1(F)C(F)C(F)(C=C)C(F)(F)C(C)(CF)C(F)(F)C(C)(CF)C1(F)F. The molecule has 1 rings (SSSR count). The van der Waals surface area contributed by atoms with E-state index in [2.05, 4.69) is 13.2 Å². The predicted octanol–water partition coefficient (Wildman–Crippen LogP) is 5.98. The van der Waals surface area contributed by atoms with Crippen molar-refractivity contribution >= 4 is 0 Å². The molecule has 4 atom stereocenters. The molecule has 0 bridgehead atoms. The largest absolute Gasteiger partial charge is 0.301 e. The molecule has 0 spiro atoms. The summed E-state index contributed by atoms with van der Waals surface area (Å²) in [6.45, 7) is -1.53. The molecule has 1 aliphatic rings. The normalized spacial score (nSPS) is 46.2. The van der Waals surface area contributed by atoms with Gasteiger partial charge < -0.3 is 0 Å². The smallest absolute Gasteiger partial charge is 0.250 e. The van der Waals surface area contributed by atoms with E-state index in [0.717, 1.165) is 0 Å². The van der Waals surface area contributed by atoms with E-state index in [1.165, 1.54) is 0 Å². The van der Waals surface area contributed by atoms with Crippen LogP contribution < -0.4 is 0 Å². The Morgan fingerprint density at radius 3 is 1.11 bits per heavy atom. The van der Waals surface area contributed by atoms with E-state index in [1.807, 2.05) is 0 Å². The number of hydrogen-bond acceptors (Lipinski definition) is 0. The van der Waals surface area contributed by atoms with E-state index in [4.69, 9.17) is 0 Å². The van der Waals surface area contributed by atoms with Crippen molar-refractivity contribution in [3.05, 3.63) is 25.3 Å². The third kappa shape index (κ3) is 2.17. The molecule has 1 aliphatic carbocycles. The van der Waals surface area contributed by atoms with Gasteiger partial charge in [0.15, 0.2) is 6.17 Å². The van der Waals surface area contributed by atoms with Crippen molar-refractivity contribution in [2.75, 3.05) is 13.3 Å². The standard InChI is InChI=1S/C16H17F11/c1-5-12(20)9(19)13(21,6-2)16(26,27)11(4,8-18)14(22,23)10(3,7-17)15(12,24)25/h5-6,9H,1-2,7-8H2,3-4H3. The zero-order valence-corrected chi connectivity index (χ0v) is 14.2. The number of halogens is 11. The highest BCUT2D eigenvalue weighted by atomic mass is 19.3. The van der Waals surface area contributed by atoms with E-state index in [1.54, 1.807) is 0 Å². The fourth-order valence-electron chi connectivity index (χ4n) is 3.27. The zero-order chi connectivity index (χ0) is 21.9. The van der Waals surface area contributed by atoms with Crippen molar-refractivity contribution < 1.29 is 48.3 Å². The van der Waals surface area contributed by atoms with Crippen LogP contribution in [0.3, 0.4) is 0 Å². The third-order valence-corrected chi connectivity index (χ3v) is 5.60. The van der Waals surface area contributed by atoms with Crippen molar-refractivity contribution in [2.24, 2.45) is 10.8 Å². The summed E-state index contributed by atoms with van der Waals surface area (Å²) in [4.78, 5) is 0. The van der Waals surface area contributed by atoms with Crippen molar-refractivity contribution in [2.45, 2.75) is 49.1 Å². The van der Waals surface area contributed by atoms with E-state index in [9.17, 15) is 48.3 Å². The van der Waals surface area contributed by atoms with Crippen LogP contribution in [0.25, 0.3) is 0 Å². The second kappa shape index (κ2) is 6.10. The molecule has 0 N–H and O–H groups in total. The van der Waals surface area contributed by atoms with Gasteiger partial charge in [-0.1, -0.05) is 13.2 Å². The molecular weight excluding hydrogens is 401 g/mol. The molecule has 11 heteroatoms. The number of rotatable bonds is 4. The second-order valence-corrected chi connectivity index (χ2v) is 6.96. The summed E-state index contributed by atoms with van der Waals surface area (Å²) >= 11 is 0. The molecule has 0 amide bonds. The molecule has 0 aromatic rings. The van der Waals surface area contributed by atoms with Gasteiger partial charge in [0.1, 0.15) is 24.2 Å². The predicted molar refractivity (Wildman–Crippen MR) is 76.0 cm³/mol. The maximum absolute atomic E-state index is 14.9. The average molecular weight is 418 g/mol. The average Bonchev–Trinajstić information content (AvgIpc) is 2.62. The first-order valence-electron chi connectivity index (χ1n) is 7.44. The lowest BCUT2D eigenvalue weighted by Gasteiger charge is -2.58. The Labute approximate surface area is 148 Å². The quantitative estimate of drug-likeness (QED) is 0.389. The first-order chi connectivity index (χ1) is 11.9. The Morgan fingerprint density at radius 1 is 0.667 bits per heavy atom. The first kappa shape index (κ1) is 23.7. The van der Waals surface area contributed by atoms with Crippen molar-refractivity contribution in [3.63, 3.8) is 0 Å². The van der Waals surface area contributed by atoms with Gasteiger partial charge in [-0.05, 0) is 26.0 Å². The Kier molecular flexibility index (Phi) is 5.37. The highest BCUT2D eigenvalue weighted by Gasteiger charge is 2.89. The molecule has 27 heavy (non-hydrogen) atoms. The maximum atomic E-state index is 14.9. The van der Waals surface area contributed by atoms with Crippen LogP contribution in [0, 0.1) is 10.8 Å².